The van der Waals surface area contributed by atoms with E-state index < -0.39 is 0 Å². The van der Waals surface area contributed by atoms with Crippen LogP contribution in [0.2, 0.25) is 0 Å². The minimum absolute atomic E-state index is 0. The fourth-order valence-electron chi connectivity index (χ4n) is 3.61. The summed E-state index contributed by atoms with van der Waals surface area (Å²) in [4.78, 5) is 8.38. The van der Waals surface area contributed by atoms with Crippen molar-refractivity contribution in [3.63, 3.8) is 0 Å². The molecule has 8 heteroatoms. The van der Waals surface area contributed by atoms with Crippen LogP contribution in [0, 0.1) is 5.92 Å². The van der Waals surface area contributed by atoms with Crippen molar-refractivity contribution in [1.29, 1.82) is 0 Å². The van der Waals surface area contributed by atoms with Crippen molar-refractivity contribution in [2.75, 3.05) is 40.9 Å². The molecule has 0 amide bonds. The van der Waals surface area contributed by atoms with E-state index in [0.717, 1.165) is 36.1 Å². The highest BCUT2D eigenvalue weighted by Gasteiger charge is 2.19. The summed E-state index contributed by atoms with van der Waals surface area (Å²) >= 11 is 1.85. The summed E-state index contributed by atoms with van der Waals surface area (Å²) < 4.78 is 10.7. The number of halogens is 1. The maximum absolute atomic E-state index is 5.47. The number of hydrogen-bond acceptors (Lipinski definition) is 5. The lowest BCUT2D eigenvalue weighted by Crippen LogP contribution is -2.42. The first-order valence-corrected chi connectivity index (χ1v) is 11.0. The number of methoxy groups -OCH3 is 2. The highest BCUT2D eigenvalue weighted by atomic mass is 127. The molecule has 0 radical (unpaired) electrons. The average molecular weight is 545 g/mol. The van der Waals surface area contributed by atoms with Gasteiger partial charge in [-0.3, -0.25) is 9.89 Å². The number of piperidine rings is 1. The SMILES string of the molecule is CN=C(NCc1ccc(OC)cc1OC)NCC1CCN(Cc2cccs2)CC1.I. The third-order valence-corrected chi connectivity index (χ3v) is 6.25. The van der Waals surface area contributed by atoms with Crippen LogP contribution in [-0.2, 0) is 13.1 Å². The minimum atomic E-state index is 0. The van der Waals surface area contributed by atoms with E-state index in [2.05, 4.69) is 38.0 Å². The van der Waals surface area contributed by atoms with Crippen LogP contribution >= 0.6 is 35.3 Å². The molecular weight excluding hydrogens is 511 g/mol. The van der Waals surface area contributed by atoms with Crippen molar-refractivity contribution >= 4 is 41.3 Å². The van der Waals surface area contributed by atoms with E-state index in [1.165, 1.54) is 30.8 Å². The second kappa shape index (κ2) is 13.0. The Morgan fingerprint density at radius 2 is 1.97 bits per heavy atom. The third kappa shape index (κ3) is 7.31. The van der Waals surface area contributed by atoms with Gasteiger partial charge in [-0.25, -0.2) is 0 Å². The van der Waals surface area contributed by atoms with Crippen molar-refractivity contribution in [2.45, 2.75) is 25.9 Å². The number of hydrogen-bond donors (Lipinski definition) is 2. The predicted molar refractivity (Wildman–Crippen MR) is 135 cm³/mol. The summed E-state index contributed by atoms with van der Waals surface area (Å²) in [6, 6.07) is 10.2. The Morgan fingerprint density at radius 1 is 1.17 bits per heavy atom. The van der Waals surface area contributed by atoms with Crippen molar-refractivity contribution in [2.24, 2.45) is 10.9 Å². The van der Waals surface area contributed by atoms with E-state index in [-0.39, 0.29) is 24.0 Å². The smallest absolute Gasteiger partial charge is 0.191 e. The van der Waals surface area contributed by atoms with E-state index in [0.29, 0.717) is 12.5 Å². The first-order valence-electron chi connectivity index (χ1n) is 10.1. The van der Waals surface area contributed by atoms with Gasteiger partial charge in [0.05, 0.1) is 14.2 Å². The van der Waals surface area contributed by atoms with Gasteiger partial charge < -0.3 is 20.1 Å². The zero-order valence-corrected chi connectivity index (χ0v) is 21.2. The Balaban J connectivity index is 0.00000320. The third-order valence-electron chi connectivity index (χ3n) is 5.39. The lowest BCUT2D eigenvalue weighted by Gasteiger charge is -2.32. The lowest BCUT2D eigenvalue weighted by atomic mass is 9.97. The number of nitrogens with one attached hydrogen (secondary N) is 2. The Bertz CT molecular complexity index is 777. The predicted octanol–water partition coefficient (Wildman–Crippen LogP) is 3.96. The number of likely N-dealkylation sites (tertiary alicyclic amines) is 1. The monoisotopic (exact) mass is 544 g/mol. The highest BCUT2D eigenvalue weighted by Crippen LogP contribution is 2.24. The summed E-state index contributed by atoms with van der Waals surface area (Å²) in [5.74, 6) is 3.11. The Hall–Kier alpha value is -1.52. The van der Waals surface area contributed by atoms with E-state index in [1.807, 2.05) is 36.6 Å². The number of ether oxygens (including phenoxy) is 2. The van der Waals surface area contributed by atoms with Gasteiger partial charge in [0, 0.05) is 43.2 Å². The van der Waals surface area contributed by atoms with Crippen LogP contribution in [-0.4, -0.2) is 51.8 Å². The van der Waals surface area contributed by atoms with Crippen LogP contribution in [0.25, 0.3) is 0 Å². The number of benzene rings is 1. The molecule has 2 aromatic rings. The van der Waals surface area contributed by atoms with E-state index in [4.69, 9.17) is 9.47 Å². The first-order chi connectivity index (χ1) is 14.2. The fourth-order valence-corrected chi connectivity index (χ4v) is 4.36. The van der Waals surface area contributed by atoms with Crippen LogP contribution in [0.5, 0.6) is 11.5 Å². The molecule has 0 bridgehead atoms. The van der Waals surface area contributed by atoms with Crippen molar-refractivity contribution in [3.8, 4) is 11.5 Å². The Kier molecular flexibility index (Phi) is 10.7. The molecule has 6 nitrogen and oxygen atoms in total. The van der Waals surface area contributed by atoms with Crippen LogP contribution in [0.1, 0.15) is 23.3 Å². The van der Waals surface area contributed by atoms with Crippen molar-refractivity contribution in [3.05, 3.63) is 46.2 Å². The summed E-state index contributed by atoms with van der Waals surface area (Å²) in [5.41, 5.74) is 1.07. The molecular formula is C22H33IN4O2S. The molecule has 1 fully saturated rings. The number of thiophene rings is 1. The molecule has 1 aromatic carbocycles. The molecule has 0 aliphatic carbocycles. The summed E-state index contributed by atoms with van der Waals surface area (Å²) in [6.07, 6.45) is 2.45. The molecule has 0 atom stereocenters. The van der Waals surface area contributed by atoms with Gasteiger partial charge in [0.2, 0.25) is 0 Å². The zero-order chi connectivity index (χ0) is 20.5. The summed E-state index contributed by atoms with van der Waals surface area (Å²) in [6.45, 7) is 5.02. The van der Waals surface area contributed by atoms with Gasteiger partial charge in [0.25, 0.3) is 0 Å². The molecule has 0 unspecified atom stereocenters. The second-order valence-corrected chi connectivity index (χ2v) is 8.32. The van der Waals surface area contributed by atoms with Gasteiger partial charge in [-0.05, 0) is 55.4 Å². The molecule has 2 N–H and O–H groups in total. The van der Waals surface area contributed by atoms with E-state index in [9.17, 15) is 0 Å². The standard InChI is InChI=1S/C22H32N4O2S.HI/c1-23-22(25-15-18-6-7-19(27-2)13-21(18)28-3)24-14-17-8-10-26(11-9-17)16-20-5-4-12-29-20;/h4-7,12-13,17H,8-11,14-16H2,1-3H3,(H2,23,24,25);1H. The average Bonchev–Trinajstić information content (AvgIpc) is 3.28. The molecule has 0 spiro atoms. The topological polar surface area (TPSA) is 58.1 Å². The van der Waals surface area contributed by atoms with Gasteiger partial charge in [-0.15, -0.1) is 35.3 Å². The summed E-state index contributed by atoms with van der Waals surface area (Å²) in [5, 5.41) is 9.03. The Labute approximate surface area is 201 Å². The van der Waals surface area contributed by atoms with Crippen LogP contribution in [0.3, 0.4) is 0 Å². The normalized spacial score (nSPS) is 15.4. The van der Waals surface area contributed by atoms with Crippen molar-refractivity contribution in [1.82, 2.24) is 15.5 Å². The molecule has 2 heterocycles. The maximum Gasteiger partial charge on any atom is 0.191 e. The molecule has 1 saturated heterocycles. The molecule has 166 valence electrons. The quantitative estimate of drug-likeness (QED) is 0.300. The number of nitrogens with zero attached hydrogens (tertiary/aromatic N) is 2. The summed E-state index contributed by atoms with van der Waals surface area (Å²) in [7, 11) is 5.14. The maximum atomic E-state index is 5.47. The first kappa shape index (κ1) is 24.7. The fraction of sp³-hybridized carbons (Fsp3) is 0.500. The van der Waals surface area contributed by atoms with Crippen LogP contribution in [0.15, 0.2) is 40.7 Å². The van der Waals surface area contributed by atoms with Crippen molar-refractivity contribution < 1.29 is 9.47 Å². The molecule has 1 aliphatic rings. The van der Waals surface area contributed by atoms with E-state index in [1.54, 1.807) is 14.2 Å². The minimum Gasteiger partial charge on any atom is -0.497 e. The Morgan fingerprint density at radius 3 is 2.60 bits per heavy atom. The second-order valence-electron chi connectivity index (χ2n) is 7.28. The van der Waals surface area contributed by atoms with Gasteiger partial charge in [-0.1, -0.05) is 6.07 Å². The van der Waals surface area contributed by atoms with Crippen LogP contribution in [0.4, 0.5) is 0 Å². The van der Waals surface area contributed by atoms with Gasteiger partial charge in [-0.2, -0.15) is 0 Å². The number of rotatable bonds is 8. The molecule has 1 aromatic heterocycles. The molecule has 3 rings (SSSR count). The largest absolute Gasteiger partial charge is 0.497 e. The van der Waals surface area contributed by atoms with E-state index >= 15 is 0 Å². The zero-order valence-electron chi connectivity index (χ0n) is 18.0. The molecule has 1 aliphatic heterocycles. The lowest BCUT2D eigenvalue weighted by molar-refractivity contribution is 0.179. The molecule has 0 saturated carbocycles. The van der Waals surface area contributed by atoms with Crippen LogP contribution < -0.4 is 20.1 Å². The van der Waals surface area contributed by atoms with Gasteiger partial charge >= 0.3 is 0 Å². The molecule has 30 heavy (non-hydrogen) atoms. The van der Waals surface area contributed by atoms with Gasteiger partial charge in [0.1, 0.15) is 11.5 Å². The van der Waals surface area contributed by atoms with Gasteiger partial charge in [0.15, 0.2) is 5.96 Å². The highest BCUT2D eigenvalue weighted by molar-refractivity contribution is 14.0. The number of aliphatic imine (C=N–C) groups is 1. The number of guanidine groups is 1.